The lowest BCUT2D eigenvalue weighted by molar-refractivity contribution is -0.137. The summed E-state index contributed by atoms with van der Waals surface area (Å²) in [6.07, 6.45) is 0.141. The number of hydrogen-bond donors (Lipinski definition) is 3. The second-order valence-corrected chi connectivity index (χ2v) is 9.44. The SMILES string of the molecule is CC(C)(COc1ccc(Nc2ncnc3c2CCN(c2ccc(C#N)c(C(F)(F)F)c2)C3)nc1)N(N)/C=N\N. The molecule has 5 N–H and O–H groups in total. The van der Waals surface area contributed by atoms with Crippen LogP contribution in [0.2, 0.25) is 0 Å². The van der Waals surface area contributed by atoms with Crippen LogP contribution in [-0.2, 0) is 19.1 Å². The number of nitrogens with one attached hydrogen (secondary N) is 1. The molecule has 0 fully saturated rings. The Morgan fingerprint density at radius 2 is 2.03 bits per heavy atom. The van der Waals surface area contributed by atoms with Gasteiger partial charge in [0.1, 0.15) is 36.7 Å². The van der Waals surface area contributed by atoms with Crippen molar-refractivity contribution in [3.8, 4) is 11.8 Å². The van der Waals surface area contributed by atoms with E-state index in [9.17, 15) is 13.2 Å². The van der Waals surface area contributed by atoms with Crippen LogP contribution >= 0.6 is 0 Å². The molecule has 0 atom stereocenters. The Hall–Kier alpha value is -4.64. The van der Waals surface area contributed by atoms with Crippen molar-refractivity contribution >= 4 is 23.7 Å². The zero-order valence-electron chi connectivity index (χ0n) is 21.3. The summed E-state index contributed by atoms with van der Waals surface area (Å²) in [6.45, 7) is 4.73. The number of ether oxygens (including phenoxy) is 1. The van der Waals surface area contributed by atoms with Gasteiger partial charge in [0.25, 0.3) is 0 Å². The fourth-order valence-electron chi connectivity index (χ4n) is 3.97. The highest BCUT2D eigenvalue weighted by Gasteiger charge is 2.34. The highest BCUT2D eigenvalue weighted by molar-refractivity contribution is 5.61. The average Bonchev–Trinajstić information content (AvgIpc) is 2.92. The van der Waals surface area contributed by atoms with E-state index in [-0.39, 0.29) is 6.61 Å². The number of fused-ring (bicyclic) bond motifs is 1. The highest BCUT2D eigenvalue weighted by Crippen LogP contribution is 2.36. The van der Waals surface area contributed by atoms with E-state index in [4.69, 9.17) is 21.7 Å². The lowest BCUT2D eigenvalue weighted by atomic mass is 10.0. The summed E-state index contributed by atoms with van der Waals surface area (Å²) in [4.78, 5) is 14.9. The van der Waals surface area contributed by atoms with Crippen LogP contribution in [0.4, 0.5) is 30.5 Å². The van der Waals surface area contributed by atoms with Gasteiger partial charge in [-0.3, -0.25) is 5.01 Å². The lowest BCUT2D eigenvalue weighted by Gasteiger charge is -2.32. The standard InChI is InChI=1S/C25H27F3N10O/c1-24(2,38(31)15-35-30)13-39-18-5-6-22(32-11-18)36-23-19-7-8-37(12-21(19)33-14-34-23)17-4-3-16(10-29)20(9-17)25(26,27)28/h3-6,9,11,14-15H,7-8,12-13,30-31H2,1-2H3,(H,32,33,34,36)/b35-15-. The number of halogens is 3. The van der Waals surface area contributed by atoms with E-state index in [2.05, 4.69) is 25.4 Å². The number of hydrazine groups is 1. The molecule has 204 valence electrons. The molecule has 39 heavy (non-hydrogen) atoms. The number of alkyl halides is 3. The highest BCUT2D eigenvalue weighted by atomic mass is 19.4. The first kappa shape index (κ1) is 27.4. The van der Waals surface area contributed by atoms with Crippen molar-refractivity contribution in [2.75, 3.05) is 23.4 Å². The molecule has 0 bridgehead atoms. The Morgan fingerprint density at radius 3 is 2.69 bits per heavy atom. The molecule has 2 aromatic heterocycles. The molecule has 0 aliphatic carbocycles. The normalized spacial score (nSPS) is 13.6. The number of benzene rings is 1. The predicted octanol–water partition coefficient (Wildman–Crippen LogP) is 3.30. The number of nitrogens with two attached hydrogens (primary N) is 2. The van der Waals surface area contributed by atoms with Crippen LogP contribution in [0, 0.1) is 11.3 Å². The van der Waals surface area contributed by atoms with E-state index in [1.807, 2.05) is 13.8 Å². The lowest BCUT2D eigenvalue weighted by Crippen LogP contribution is -2.51. The predicted molar refractivity (Wildman–Crippen MR) is 139 cm³/mol. The summed E-state index contributed by atoms with van der Waals surface area (Å²) in [5.41, 5.74) is -0.0239. The van der Waals surface area contributed by atoms with Crippen LogP contribution in [0.3, 0.4) is 0 Å². The van der Waals surface area contributed by atoms with Gasteiger partial charge >= 0.3 is 6.18 Å². The van der Waals surface area contributed by atoms with Crippen LogP contribution in [0.15, 0.2) is 48.0 Å². The molecule has 0 unspecified atom stereocenters. The average molecular weight is 541 g/mol. The van der Waals surface area contributed by atoms with Crippen molar-refractivity contribution in [3.63, 3.8) is 0 Å². The molecule has 0 saturated heterocycles. The van der Waals surface area contributed by atoms with Gasteiger partial charge in [-0.25, -0.2) is 20.8 Å². The second-order valence-electron chi connectivity index (χ2n) is 9.44. The number of pyridine rings is 1. The van der Waals surface area contributed by atoms with Gasteiger partial charge in [-0.15, -0.1) is 0 Å². The van der Waals surface area contributed by atoms with Gasteiger partial charge in [-0.2, -0.15) is 23.5 Å². The molecule has 1 aliphatic heterocycles. The first-order chi connectivity index (χ1) is 18.5. The molecule has 4 rings (SSSR count). The maximum atomic E-state index is 13.4. The topological polar surface area (TPSA) is 155 Å². The third-order valence-electron chi connectivity index (χ3n) is 6.27. The molecule has 3 aromatic rings. The summed E-state index contributed by atoms with van der Waals surface area (Å²) < 4.78 is 46.1. The van der Waals surface area contributed by atoms with E-state index in [0.29, 0.717) is 48.3 Å². The number of hydrogen-bond acceptors (Lipinski definition) is 10. The van der Waals surface area contributed by atoms with Gasteiger partial charge in [0, 0.05) is 17.8 Å². The fraction of sp³-hybridized carbons (Fsp3) is 0.320. The number of nitriles is 1. The minimum atomic E-state index is -4.62. The largest absolute Gasteiger partial charge is 0.489 e. The molecule has 3 heterocycles. The molecule has 1 aliphatic rings. The molecule has 1 aromatic carbocycles. The Morgan fingerprint density at radius 1 is 1.23 bits per heavy atom. The Kier molecular flexibility index (Phi) is 7.73. The van der Waals surface area contributed by atoms with Crippen LogP contribution in [0.25, 0.3) is 0 Å². The van der Waals surface area contributed by atoms with Gasteiger partial charge in [0.15, 0.2) is 0 Å². The first-order valence-corrected chi connectivity index (χ1v) is 11.8. The van der Waals surface area contributed by atoms with Crippen molar-refractivity contribution in [3.05, 3.63) is 65.2 Å². The second kappa shape index (κ2) is 11.0. The number of nitrogens with zero attached hydrogens (tertiary/aromatic N) is 7. The maximum Gasteiger partial charge on any atom is 0.417 e. The van der Waals surface area contributed by atoms with Crippen LogP contribution in [0.1, 0.15) is 36.2 Å². The number of aromatic nitrogens is 3. The molecule has 0 saturated carbocycles. The van der Waals surface area contributed by atoms with Gasteiger partial charge in [0.2, 0.25) is 0 Å². The fourth-order valence-corrected chi connectivity index (χ4v) is 3.97. The summed E-state index contributed by atoms with van der Waals surface area (Å²) in [5, 5.41) is 17.0. The Bertz CT molecular complexity index is 1390. The van der Waals surface area contributed by atoms with Crippen molar-refractivity contribution in [1.82, 2.24) is 20.0 Å². The molecule has 11 nitrogen and oxygen atoms in total. The van der Waals surface area contributed by atoms with Crippen LogP contribution in [-0.4, -0.2) is 45.0 Å². The zero-order valence-corrected chi connectivity index (χ0v) is 21.3. The smallest absolute Gasteiger partial charge is 0.417 e. The minimum Gasteiger partial charge on any atom is -0.489 e. The Labute approximate surface area is 222 Å². The van der Waals surface area contributed by atoms with E-state index in [1.54, 1.807) is 29.3 Å². The van der Waals surface area contributed by atoms with Crippen molar-refractivity contribution in [1.29, 1.82) is 5.26 Å². The molecule has 14 heteroatoms. The van der Waals surface area contributed by atoms with Crippen molar-refractivity contribution in [2.45, 2.75) is 38.5 Å². The third-order valence-corrected chi connectivity index (χ3v) is 6.27. The molecule has 0 amide bonds. The number of rotatable bonds is 8. The monoisotopic (exact) mass is 540 g/mol. The Balaban J connectivity index is 1.45. The maximum absolute atomic E-state index is 13.4. The minimum absolute atomic E-state index is 0.254. The zero-order chi connectivity index (χ0) is 28.2. The summed E-state index contributed by atoms with van der Waals surface area (Å²) in [7, 11) is 0. The van der Waals surface area contributed by atoms with Crippen molar-refractivity contribution < 1.29 is 17.9 Å². The van der Waals surface area contributed by atoms with Crippen LogP contribution < -0.4 is 26.6 Å². The van der Waals surface area contributed by atoms with E-state index >= 15 is 0 Å². The van der Waals surface area contributed by atoms with Gasteiger partial charge in [-0.05, 0) is 50.6 Å². The molecule has 0 radical (unpaired) electrons. The summed E-state index contributed by atoms with van der Waals surface area (Å²) in [6, 6.07) is 8.82. The van der Waals surface area contributed by atoms with Gasteiger partial charge in [-0.1, -0.05) is 0 Å². The van der Waals surface area contributed by atoms with Crippen molar-refractivity contribution in [2.24, 2.45) is 16.8 Å². The van der Waals surface area contributed by atoms with E-state index in [1.165, 1.54) is 29.8 Å². The molecular weight excluding hydrogens is 513 g/mol. The van der Waals surface area contributed by atoms with E-state index < -0.39 is 22.8 Å². The number of anilines is 3. The molecule has 0 spiro atoms. The summed E-state index contributed by atoms with van der Waals surface area (Å²) in [5.74, 6) is 12.7. The summed E-state index contributed by atoms with van der Waals surface area (Å²) >= 11 is 0. The van der Waals surface area contributed by atoms with Crippen LogP contribution in [0.5, 0.6) is 5.75 Å². The first-order valence-electron chi connectivity index (χ1n) is 11.8. The number of hydrazone groups is 1. The van der Waals surface area contributed by atoms with Gasteiger partial charge < -0.3 is 20.8 Å². The molecular formula is C25H27F3N10O. The third kappa shape index (κ3) is 6.27. The van der Waals surface area contributed by atoms with E-state index in [0.717, 1.165) is 11.6 Å². The van der Waals surface area contributed by atoms with Gasteiger partial charge in [0.05, 0.1) is 41.2 Å². The quantitative estimate of drug-likeness (QED) is 0.168.